The largest absolute Gasteiger partial charge is 0.481 e. The van der Waals surface area contributed by atoms with Crippen LogP contribution in [0.3, 0.4) is 0 Å². The van der Waals surface area contributed by atoms with Crippen LogP contribution < -0.4 is 5.32 Å². The molecule has 0 atom stereocenters. The lowest BCUT2D eigenvalue weighted by Crippen LogP contribution is -2.09. The van der Waals surface area contributed by atoms with Gasteiger partial charge in [-0.3, -0.25) is 4.79 Å². The second-order valence-electron chi connectivity index (χ2n) is 2.41. The van der Waals surface area contributed by atoms with Crippen LogP contribution in [0.1, 0.15) is 6.42 Å². The summed E-state index contributed by atoms with van der Waals surface area (Å²) in [6.07, 6.45) is 1.33. The van der Waals surface area contributed by atoms with E-state index in [9.17, 15) is 4.79 Å². The third-order valence-electron chi connectivity index (χ3n) is 1.35. The molecule has 1 heterocycles. The Balaban J connectivity index is 2.57. The van der Waals surface area contributed by atoms with Gasteiger partial charge in [0.15, 0.2) is 0 Å². The van der Waals surface area contributed by atoms with Crippen molar-refractivity contribution in [3.05, 3.63) is 16.5 Å². The molecular formula is C7H7Cl2N3O2. The Morgan fingerprint density at radius 2 is 2.29 bits per heavy atom. The number of carboxylic acid groups (broad SMARTS) is 1. The Kier molecular flexibility index (Phi) is 3.91. The van der Waals surface area contributed by atoms with E-state index in [4.69, 9.17) is 28.3 Å². The Morgan fingerprint density at radius 3 is 2.93 bits per heavy atom. The van der Waals surface area contributed by atoms with Gasteiger partial charge in [-0.25, -0.2) is 4.98 Å². The van der Waals surface area contributed by atoms with Crippen molar-refractivity contribution >= 4 is 35.0 Å². The summed E-state index contributed by atoms with van der Waals surface area (Å²) in [5.74, 6) is -0.554. The molecule has 1 rings (SSSR count). The van der Waals surface area contributed by atoms with Crippen LogP contribution in [0.4, 0.5) is 5.82 Å². The quantitative estimate of drug-likeness (QED) is 0.777. The number of carbonyl (C=O) groups is 1. The lowest BCUT2D eigenvalue weighted by molar-refractivity contribution is -0.136. The topological polar surface area (TPSA) is 75.1 Å². The molecule has 0 bridgehead atoms. The van der Waals surface area contributed by atoms with Crippen LogP contribution in [-0.2, 0) is 4.79 Å². The van der Waals surface area contributed by atoms with E-state index in [2.05, 4.69) is 15.3 Å². The zero-order valence-electron chi connectivity index (χ0n) is 7.00. The zero-order chi connectivity index (χ0) is 10.6. The van der Waals surface area contributed by atoms with Crippen molar-refractivity contribution in [1.29, 1.82) is 0 Å². The molecule has 0 saturated carbocycles. The summed E-state index contributed by atoms with van der Waals surface area (Å²) in [5, 5.41) is 11.5. The predicted octanol–water partition coefficient (Wildman–Crippen LogP) is 1.67. The zero-order valence-corrected chi connectivity index (χ0v) is 8.51. The van der Waals surface area contributed by atoms with Crippen molar-refractivity contribution in [2.45, 2.75) is 6.42 Å². The summed E-state index contributed by atoms with van der Waals surface area (Å²) in [6, 6.07) is 0. The number of carboxylic acids is 1. The van der Waals surface area contributed by atoms with Gasteiger partial charge in [0.05, 0.1) is 12.6 Å². The molecule has 0 radical (unpaired) electrons. The Morgan fingerprint density at radius 1 is 1.57 bits per heavy atom. The number of nitrogens with zero attached hydrogens (tertiary/aromatic N) is 2. The molecule has 1 aromatic heterocycles. The maximum Gasteiger partial charge on any atom is 0.305 e. The first-order valence-electron chi connectivity index (χ1n) is 3.73. The number of aromatic nitrogens is 2. The fourth-order valence-electron chi connectivity index (χ4n) is 0.757. The van der Waals surface area contributed by atoms with Crippen molar-refractivity contribution in [3.8, 4) is 0 Å². The molecule has 1 aromatic rings. The van der Waals surface area contributed by atoms with Gasteiger partial charge in [0, 0.05) is 6.54 Å². The van der Waals surface area contributed by atoms with E-state index in [0.29, 0.717) is 10.8 Å². The molecule has 76 valence electrons. The van der Waals surface area contributed by atoms with Gasteiger partial charge in [0.25, 0.3) is 0 Å². The second kappa shape index (κ2) is 4.97. The fourth-order valence-corrected chi connectivity index (χ4v) is 1.05. The van der Waals surface area contributed by atoms with E-state index in [-0.39, 0.29) is 18.2 Å². The first kappa shape index (κ1) is 11.0. The molecule has 0 saturated heterocycles. The van der Waals surface area contributed by atoms with Crippen molar-refractivity contribution in [1.82, 2.24) is 9.97 Å². The number of anilines is 1. The fraction of sp³-hybridized carbons (Fsp3) is 0.286. The number of aliphatic carboxylic acids is 1. The monoisotopic (exact) mass is 235 g/mol. The molecular weight excluding hydrogens is 229 g/mol. The SMILES string of the molecule is O=C(O)CCNc1nc(Cl)ncc1Cl. The highest BCUT2D eigenvalue weighted by Crippen LogP contribution is 2.18. The van der Waals surface area contributed by atoms with Crippen LogP contribution in [0, 0.1) is 0 Å². The first-order chi connectivity index (χ1) is 6.59. The van der Waals surface area contributed by atoms with E-state index in [0.717, 1.165) is 0 Å². The van der Waals surface area contributed by atoms with Crippen LogP contribution in [0.5, 0.6) is 0 Å². The minimum atomic E-state index is -0.895. The highest BCUT2D eigenvalue weighted by Gasteiger charge is 2.04. The number of nitrogens with one attached hydrogen (secondary N) is 1. The van der Waals surface area contributed by atoms with Crippen molar-refractivity contribution in [2.24, 2.45) is 0 Å². The summed E-state index contributed by atoms with van der Waals surface area (Å²) in [4.78, 5) is 17.6. The molecule has 14 heavy (non-hydrogen) atoms. The first-order valence-corrected chi connectivity index (χ1v) is 4.49. The van der Waals surface area contributed by atoms with Crippen LogP contribution in [0.15, 0.2) is 6.20 Å². The molecule has 0 fully saturated rings. The van der Waals surface area contributed by atoms with E-state index in [1.54, 1.807) is 0 Å². The molecule has 5 nitrogen and oxygen atoms in total. The molecule has 2 N–H and O–H groups in total. The standard InChI is InChI=1S/C7H7Cl2N3O2/c8-4-3-11-7(9)12-6(4)10-2-1-5(13)14/h3H,1-2H2,(H,13,14)(H,10,11,12). The van der Waals surface area contributed by atoms with Gasteiger partial charge >= 0.3 is 5.97 Å². The molecule has 0 spiro atoms. The Hall–Kier alpha value is -1.07. The lowest BCUT2D eigenvalue weighted by Gasteiger charge is -2.04. The minimum absolute atomic E-state index is 0.0159. The van der Waals surface area contributed by atoms with Crippen molar-refractivity contribution in [3.63, 3.8) is 0 Å². The van der Waals surface area contributed by atoms with Crippen LogP contribution >= 0.6 is 23.2 Å². The van der Waals surface area contributed by atoms with Crippen molar-refractivity contribution in [2.75, 3.05) is 11.9 Å². The molecule has 0 unspecified atom stereocenters. The summed E-state index contributed by atoms with van der Waals surface area (Å²) >= 11 is 11.2. The molecule has 0 aliphatic carbocycles. The van der Waals surface area contributed by atoms with E-state index in [1.807, 2.05) is 0 Å². The number of rotatable bonds is 4. The number of halogens is 2. The average molecular weight is 236 g/mol. The predicted molar refractivity (Wildman–Crippen MR) is 52.8 cm³/mol. The number of hydrogen-bond donors (Lipinski definition) is 2. The average Bonchev–Trinajstić information content (AvgIpc) is 2.10. The van der Waals surface area contributed by atoms with Crippen LogP contribution in [-0.4, -0.2) is 27.6 Å². The van der Waals surface area contributed by atoms with Gasteiger partial charge in [-0.05, 0) is 11.6 Å². The Bertz CT molecular complexity index is 346. The molecule has 0 aliphatic heterocycles. The van der Waals surface area contributed by atoms with Gasteiger partial charge in [0.1, 0.15) is 10.8 Å². The van der Waals surface area contributed by atoms with E-state index >= 15 is 0 Å². The van der Waals surface area contributed by atoms with Crippen LogP contribution in [0.25, 0.3) is 0 Å². The lowest BCUT2D eigenvalue weighted by atomic mass is 10.4. The summed E-state index contributed by atoms with van der Waals surface area (Å²) in [7, 11) is 0. The molecule has 0 amide bonds. The minimum Gasteiger partial charge on any atom is -0.481 e. The highest BCUT2D eigenvalue weighted by atomic mass is 35.5. The summed E-state index contributed by atoms with van der Waals surface area (Å²) < 4.78 is 0. The second-order valence-corrected chi connectivity index (χ2v) is 3.15. The normalized spacial score (nSPS) is 9.86. The van der Waals surface area contributed by atoms with E-state index < -0.39 is 5.97 Å². The van der Waals surface area contributed by atoms with E-state index in [1.165, 1.54) is 6.20 Å². The summed E-state index contributed by atoms with van der Waals surface area (Å²) in [5.41, 5.74) is 0. The smallest absolute Gasteiger partial charge is 0.305 e. The molecule has 7 heteroatoms. The van der Waals surface area contributed by atoms with Gasteiger partial charge in [-0.1, -0.05) is 11.6 Å². The van der Waals surface area contributed by atoms with Gasteiger partial charge in [-0.15, -0.1) is 0 Å². The van der Waals surface area contributed by atoms with Gasteiger partial charge in [0.2, 0.25) is 5.28 Å². The van der Waals surface area contributed by atoms with Gasteiger partial charge < -0.3 is 10.4 Å². The third kappa shape index (κ3) is 3.35. The van der Waals surface area contributed by atoms with Gasteiger partial charge in [-0.2, -0.15) is 4.98 Å². The molecule has 0 aliphatic rings. The Labute approximate surface area is 90.1 Å². The molecule has 0 aromatic carbocycles. The van der Waals surface area contributed by atoms with Crippen LogP contribution in [0.2, 0.25) is 10.3 Å². The maximum absolute atomic E-state index is 10.2. The maximum atomic E-state index is 10.2. The summed E-state index contributed by atoms with van der Waals surface area (Å²) in [6.45, 7) is 0.238. The highest BCUT2D eigenvalue weighted by molar-refractivity contribution is 6.33. The van der Waals surface area contributed by atoms with Crippen molar-refractivity contribution < 1.29 is 9.90 Å². The number of hydrogen-bond acceptors (Lipinski definition) is 4. The third-order valence-corrected chi connectivity index (χ3v) is 1.80.